The van der Waals surface area contributed by atoms with Crippen LogP contribution in [0.25, 0.3) is 11.3 Å². The highest BCUT2D eigenvalue weighted by atomic mass is 32.2. The molecule has 4 aromatic rings. The molecule has 7 heteroatoms. The van der Waals surface area contributed by atoms with Crippen molar-refractivity contribution in [1.82, 2.24) is 9.88 Å². The second-order valence-corrected chi connectivity index (χ2v) is 11.8. The minimum atomic E-state index is -3.74. The number of hydrogen-bond acceptors (Lipinski definition) is 4. The molecule has 198 valence electrons. The van der Waals surface area contributed by atoms with Gasteiger partial charge in [0.05, 0.1) is 17.7 Å². The average Bonchev–Trinajstić information content (AvgIpc) is 3.30. The number of hydrogen-bond donors (Lipinski definition) is 1. The number of benzene rings is 3. The lowest BCUT2D eigenvalue weighted by molar-refractivity contribution is 0.190. The quantitative estimate of drug-likeness (QED) is 0.278. The second-order valence-electron chi connectivity index (χ2n) is 9.81. The summed E-state index contributed by atoms with van der Waals surface area (Å²) in [6, 6.07) is 29.5. The molecule has 0 aliphatic carbocycles. The molecule has 1 aliphatic rings. The second kappa shape index (κ2) is 11.5. The molecule has 0 unspecified atom stereocenters. The third-order valence-corrected chi connectivity index (χ3v) is 9.19. The zero-order valence-corrected chi connectivity index (χ0v) is 22.8. The number of nitrogens with zero attached hydrogens (tertiary/aromatic N) is 2. The van der Waals surface area contributed by atoms with Crippen LogP contribution in [0.5, 0.6) is 5.75 Å². The summed E-state index contributed by atoms with van der Waals surface area (Å²) < 4.78 is 33.6. The Bertz CT molecular complexity index is 1450. The molecule has 1 atom stereocenters. The van der Waals surface area contributed by atoms with Gasteiger partial charge in [-0.3, -0.25) is 9.21 Å². The first kappa shape index (κ1) is 26.1. The Morgan fingerprint density at radius 2 is 1.66 bits per heavy atom. The molecule has 1 aromatic heterocycles. The van der Waals surface area contributed by atoms with Crippen LogP contribution in [0.4, 0.5) is 5.69 Å². The van der Waals surface area contributed by atoms with Gasteiger partial charge in [-0.05, 0) is 61.3 Å². The summed E-state index contributed by atoms with van der Waals surface area (Å²) in [5, 5.41) is 0. The monoisotopic (exact) mass is 529 g/mol. The molecule has 2 heterocycles. The number of rotatable bonds is 8. The minimum absolute atomic E-state index is 0.187. The Morgan fingerprint density at radius 3 is 2.39 bits per heavy atom. The van der Waals surface area contributed by atoms with Crippen LogP contribution < -0.4 is 9.04 Å². The normalized spacial score (nSPS) is 16.6. The standard InChI is InChI=1S/C31H35N3O3S/c1-33(26-14-8-4-9-15-26)38(35,36)27-18-19-28(31(22-27)37-2)29-20-17-25(32-29)23-34-21-11-5-10-16-30(34)24-12-6-3-7-13-24/h3-4,6-9,12-15,17-20,22,30,32H,5,10-11,16,21,23H2,1-2H3/t30-/m1/s1. The minimum Gasteiger partial charge on any atom is -0.496 e. The number of aromatic nitrogens is 1. The summed E-state index contributed by atoms with van der Waals surface area (Å²) in [6.45, 7) is 1.90. The van der Waals surface area contributed by atoms with Gasteiger partial charge in [-0.15, -0.1) is 0 Å². The van der Waals surface area contributed by atoms with Crippen LogP contribution in [0.3, 0.4) is 0 Å². The maximum atomic E-state index is 13.3. The van der Waals surface area contributed by atoms with Crippen molar-refractivity contribution in [3.8, 4) is 17.0 Å². The van der Waals surface area contributed by atoms with Crippen molar-refractivity contribution < 1.29 is 13.2 Å². The Kier molecular flexibility index (Phi) is 7.86. The van der Waals surface area contributed by atoms with Crippen LogP contribution in [0.2, 0.25) is 0 Å². The molecule has 5 rings (SSSR count). The van der Waals surface area contributed by atoms with Crippen molar-refractivity contribution in [2.75, 3.05) is 25.0 Å². The highest BCUT2D eigenvalue weighted by molar-refractivity contribution is 7.92. The predicted molar refractivity (Wildman–Crippen MR) is 153 cm³/mol. The molecule has 0 bridgehead atoms. The van der Waals surface area contributed by atoms with Gasteiger partial charge < -0.3 is 9.72 Å². The molecule has 3 aromatic carbocycles. The van der Waals surface area contributed by atoms with E-state index in [1.807, 2.05) is 30.3 Å². The van der Waals surface area contributed by atoms with Crippen LogP contribution in [-0.2, 0) is 16.6 Å². The molecule has 1 fully saturated rings. The summed E-state index contributed by atoms with van der Waals surface area (Å²) in [4.78, 5) is 6.33. The Hall–Kier alpha value is -3.55. The average molecular weight is 530 g/mol. The van der Waals surface area contributed by atoms with Crippen molar-refractivity contribution in [3.05, 3.63) is 102 Å². The van der Waals surface area contributed by atoms with E-state index in [1.54, 1.807) is 38.4 Å². The number of para-hydroxylation sites is 1. The maximum absolute atomic E-state index is 13.3. The molecular weight excluding hydrogens is 494 g/mol. The van der Waals surface area contributed by atoms with E-state index in [0.717, 1.165) is 30.0 Å². The maximum Gasteiger partial charge on any atom is 0.264 e. The Morgan fingerprint density at radius 1 is 0.921 bits per heavy atom. The predicted octanol–water partition coefficient (Wildman–Crippen LogP) is 6.63. The van der Waals surface area contributed by atoms with Gasteiger partial charge in [0.25, 0.3) is 10.0 Å². The van der Waals surface area contributed by atoms with Gasteiger partial charge in [0.1, 0.15) is 5.75 Å². The first-order valence-corrected chi connectivity index (χ1v) is 14.6. The van der Waals surface area contributed by atoms with Gasteiger partial charge in [0.2, 0.25) is 0 Å². The molecule has 1 N–H and O–H groups in total. The van der Waals surface area contributed by atoms with Crippen LogP contribution in [0.1, 0.15) is 43.0 Å². The van der Waals surface area contributed by atoms with Gasteiger partial charge >= 0.3 is 0 Å². The fraction of sp³-hybridized carbons (Fsp3) is 0.290. The number of ether oxygens (including phenoxy) is 1. The Balaban J connectivity index is 1.38. The third kappa shape index (κ3) is 5.49. The summed E-state index contributed by atoms with van der Waals surface area (Å²) in [5.74, 6) is 0.512. The largest absolute Gasteiger partial charge is 0.496 e. The topological polar surface area (TPSA) is 65.6 Å². The summed E-state index contributed by atoms with van der Waals surface area (Å²) in [5.41, 5.74) is 4.84. The molecule has 0 amide bonds. The molecule has 38 heavy (non-hydrogen) atoms. The van der Waals surface area contributed by atoms with E-state index in [2.05, 4.69) is 46.3 Å². The first-order chi connectivity index (χ1) is 18.5. The van der Waals surface area contributed by atoms with Gasteiger partial charge in [-0.25, -0.2) is 8.42 Å². The van der Waals surface area contributed by atoms with Gasteiger partial charge in [0.15, 0.2) is 0 Å². The summed E-state index contributed by atoms with van der Waals surface area (Å²) in [6.07, 6.45) is 4.89. The van der Waals surface area contributed by atoms with Crippen molar-refractivity contribution in [3.63, 3.8) is 0 Å². The van der Waals surface area contributed by atoms with E-state index in [9.17, 15) is 8.42 Å². The summed E-state index contributed by atoms with van der Waals surface area (Å²) in [7, 11) is -0.603. The number of anilines is 1. The fourth-order valence-corrected chi connectivity index (χ4v) is 6.52. The number of aromatic amines is 1. The lowest BCUT2D eigenvalue weighted by Gasteiger charge is -2.30. The van der Waals surface area contributed by atoms with E-state index in [4.69, 9.17) is 4.74 Å². The molecule has 0 spiro atoms. The lowest BCUT2D eigenvalue weighted by atomic mass is 10.0. The van der Waals surface area contributed by atoms with E-state index in [-0.39, 0.29) is 4.90 Å². The van der Waals surface area contributed by atoms with E-state index in [1.165, 1.54) is 35.6 Å². The molecule has 1 aliphatic heterocycles. The third-order valence-electron chi connectivity index (χ3n) is 7.41. The molecule has 0 saturated carbocycles. The molecule has 1 saturated heterocycles. The zero-order chi connectivity index (χ0) is 26.5. The molecule has 6 nitrogen and oxygen atoms in total. The van der Waals surface area contributed by atoms with E-state index in [0.29, 0.717) is 17.5 Å². The van der Waals surface area contributed by atoms with Gasteiger partial charge in [0, 0.05) is 42.7 Å². The van der Waals surface area contributed by atoms with Crippen molar-refractivity contribution >= 4 is 15.7 Å². The molecule has 0 radical (unpaired) electrons. The lowest BCUT2D eigenvalue weighted by Crippen LogP contribution is -2.28. The van der Waals surface area contributed by atoms with Crippen LogP contribution >= 0.6 is 0 Å². The van der Waals surface area contributed by atoms with Gasteiger partial charge in [-0.1, -0.05) is 61.4 Å². The highest BCUT2D eigenvalue weighted by Crippen LogP contribution is 2.35. The van der Waals surface area contributed by atoms with Gasteiger partial charge in [-0.2, -0.15) is 0 Å². The number of nitrogens with one attached hydrogen (secondary N) is 1. The van der Waals surface area contributed by atoms with Crippen LogP contribution in [-0.4, -0.2) is 39.0 Å². The van der Waals surface area contributed by atoms with Crippen molar-refractivity contribution in [2.45, 2.75) is 43.2 Å². The number of sulfonamides is 1. The van der Waals surface area contributed by atoms with Crippen molar-refractivity contribution in [2.24, 2.45) is 0 Å². The SMILES string of the molecule is COc1cc(S(=O)(=O)N(C)c2ccccc2)ccc1-c1ccc(CN2CCCCC[C@@H]2c2ccccc2)[nH]1. The summed E-state index contributed by atoms with van der Waals surface area (Å²) >= 11 is 0. The van der Waals surface area contributed by atoms with Crippen LogP contribution in [0, 0.1) is 0 Å². The fourth-order valence-electron chi connectivity index (χ4n) is 5.31. The smallest absolute Gasteiger partial charge is 0.264 e. The highest BCUT2D eigenvalue weighted by Gasteiger charge is 2.25. The van der Waals surface area contributed by atoms with E-state index >= 15 is 0 Å². The van der Waals surface area contributed by atoms with Crippen molar-refractivity contribution in [1.29, 1.82) is 0 Å². The number of likely N-dealkylation sites (tertiary alicyclic amines) is 1. The number of H-pyrrole nitrogens is 1. The number of methoxy groups -OCH3 is 1. The Labute approximate surface area is 225 Å². The zero-order valence-electron chi connectivity index (χ0n) is 22.0. The van der Waals surface area contributed by atoms with E-state index < -0.39 is 10.0 Å². The van der Waals surface area contributed by atoms with Crippen LogP contribution in [0.15, 0.2) is 95.9 Å². The molecular formula is C31H35N3O3S. The first-order valence-electron chi connectivity index (χ1n) is 13.2.